The molecule has 1 fully saturated rings. The van der Waals surface area contributed by atoms with E-state index in [9.17, 15) is 0 Å². The molecule has 1 N–H and O–H groups in total. The second-order valence-corrected chi connectivity index (χ2v) is 7.23. The van der Waals surface area contributed by atoms with Crippen LogP contribution in [0.3, 0.4) is 0 Å². The third-order valence-electron chi connectivity index (χ3n) is 4.66. The summed E-state index contributed by atoms with van der Waals surface area (Å²) in [6.07, 6.45) is 5.62. The van der Waals surface area contributed by atoms with Crippen LogP contribution in [0, 0.1) is 11.8 Å². The molecule has 0 spiro atoms. The van der Waals surface area contributed by atoms with Gasteiger partial charge in [0, 0.05) is 0 Å². The molecule has 20 heavy (non-hydrogen) atoms. The standard InChI is InChI=1S/C17H24N2S/c1-12-7-3-4-8-14(12)11-18-13(2)17-19-15-9-5-6-10-16(15)20-17/h5-6,9-10,12-14,18H,3-4,7-8,11H2,1-2H3. The van der Waals surface area contributed by atoms with E-state index in [1.165, 1.54) is 35.4 Å². The van der Waals surface area contributed by atoms with Crippen molar-refractivity contribution in [3.8, 4) is 0 Å². The van der Waals surface area contributed by atoms with Gasteiger partial charge >= 0.3 is 0 Å². The second-order valence-electron chi connectivity index (χ2n) is 6.17. The first kappa shape index (κ1) is 14.0. The summed E-state index contributed by atoms with van der Waals surface area (Å²) in [6.45, 7) is 5.79. The molecule has 3 atom stereocenters. The van der Waals surface area contributed by atoms with Crippen molar-refractivity contribution in [1.82, 2.24) is 10.3 Å². The smallest absolute Gasteiger partial charge is 0.111 e. The van der Waals surface area contributed by atoms with Crippen molar-refractivity contribution in [3.05, 3.63) is 29.3 Å². The van der Waals surface area contributed by atoms with Crippen molar-refractivity contribution in [2.24, 2.45) is 11.8 Å². The zero-order valence-electron chi connectivity index (χ0n) is 12.4. The van der Waals surface area contributed by atoms with E-state index >= 15 is 0 Å². The Hall–Kier alpha value is -0.930. The topological polar surface area (TPSA) is 24.9 Å². The van der Waals surface area contributed by atoms with Gasteiger partial charge in [-0.3, -0.25) is 0 Å². The van der Waals surface area contributed by atoms with Gasteiger partial charge in [-0.15, -0.1) is 11.3 Å². The van der Waals surface area contributed by atoms with Crippen molar-refractivity contribution in [2.75, 3.05) is 6.54 Å². The number of rotatable bonds is 4. The van der Waals surface area contributed by atoms with Gasteiger partial charge in [-0.1, -0.05) is 38.3 Å². The molecule has 0 amide bonds. The van der Waals surface area contributed by atoms with Gasteiger partial charge in [0.05, 0.1) is 16.3 Å². The lowest BCUT2D eigenvalue weighted by atomic mass is 9.80. The Kier molecular flexibility index (Phi) is 4.37. The van der Waals surface area contributed by atoms with E-state index in [1.807, 2.05) is 11.3 Å². The van der Waals surface area contributed by atoms with Gasteiger partial charge in [0.15, 0.2) is 0 Å². The maximum Gasteiger partial charge on any atom is 0.111 e. The maximum absolute atomic E-state index is 4.75. The largest absolute Gasteiger partial charge is 0.308 e. The van der Waals surface area contributed by atoms with Gasteiger partial charge in [-0.05, 0) is 43.9 Å². The molecule has 1 aliphatic rings. The van der Waals surface area contributed by atoms with E-state index in [-0.39, 0.29) is 0 Å². The summed E-state index contributed by atoms with van der Waals surface area (Å²) < 4.78 is 1.29. The number of nitrogens with zero attached hydrogens (tertiary/aromatic N) is 1. The minimum absolute atomic E-state index is 0.363. The molecule has 1 saturated carbocycles. The van der Waals surface area contributed by atoms with Gasteiger partial charge in [0.25, 0.3) is 0 Å². The molecule has 1 aromatic carbocycles. The van der Waals surface area contributed by atoms with Gasteiger partial charge in [-0.2, -0.15) is 0 Å². The van der Waals surface area contributed by atoms with Crippen LogP contribution in [0.1, 0.15) is 50.6 Å². The lowest BCUT2D eigenvalue weighted by Gasteiger charge is -2.29. The molecule has 3 unspecified atom stereocenters. The van der Waals surface area contributed by atoms with Crippen molar-refractivity contribution in [2.45, 2.75) is 45.6 Å². The average Bonchev–Trinajstić information content (AvgIpc) is 2.90. The average molecular weight is 288 g/mol. The van der Waals surface area contributed by atoms with Crippen LogP contribution in [0.5, 0.6) is 0 Å². The number of nitrogens with one attached hydrogen (secondary N) is 1. The number of para-hydroxylation sites is 1. The van der Waals surface area contributed by atoms with Crippen LogP contribution in [-0.2, 0) is 0 Å². The van der Waals surface area contributed by atoms with E-state index in [0.717, 1.165) is 23.9 Å². The Morgan fingerprint density at radius 3 is 2.90 bits per heavy atom. The predicted molar refractivity (Wildman–Crippen MR) is 87.2 cm³/mol. The molecule has 0 bridgehead atoms. The quantitative estimate of drug-likeness (QED) is 0.876. The van der Waals surface area contributed by atoms with Crippen LogP contribution in [0.2, 0.25) is 0 Å². The van der Waals surface area contributed by atoms with E-state index in [2.05, 4.69) is 43.4 Å². The minimum atomic E-state index is 0.363. The maximum atomic E-state index is 4.75. The number of fused-ring (bicyclic) bond motifs is 1. The zero-order valence-corrected chi connectivity index (χ0v) is 13.2. The Balaban J connectivity index is 1.62. The highest BCUT2D eigenvalue weighted by Crippen LogP contribution is 2.30. The predicted octanol–water partition coefficient (Wildman–Crippen LogP) is 4.77. The summed E-state index contributed by atoms with van der Waals surface area (Å²) in [5.41, 5.74) is 1.13. The van der Waals surface area contributed by atoms with Crippen molar-refractivity contribution >= 4 is 21.6 Å². The minimum Gasteiger partial charge on any atom is -0.308 e. The molecule has 2 nitrogen and oxygen atoms in total. The van der Waals surface area contributed by atoms with Gasteiger partial charge in [0.1, 0.15) is 5.01 Å². The third kappa shape index (κ3) is 3.04. The van der Waals surface area contributed by atoms with Gasteiger partial charge in [0.2, 0.25) is 0 Å². The van der Waals surface area contributed by atoms with Crippen LogP contribution in [-0.4, -0.2) is 11.5 Å². The molecule has 1 aromatic heterocycles. The summed E-state index contributed by atoms with van der Waals surface area (Å²) in [6, 6.07) is 8.78. The summed E-state index contributed by atoms with van der Waals surface area (Å²) in [5, 5.41) is 4.93. The molecule has 1 heterocycles. The summed E-state index contributed by atoms with van der Waals surface area (Å²) in [4.78, 5) is 4.75. The number of thiazole rings is 1. The Bertz CT molecular complexity index is 530. The lowest BCUT2D eigenvalue weighted by molar-refractivity contribution is 0.242. The van der Waals surface area contributed by atoms with Gasteiger partial charge in [-0.25, -0.2) is 4.98 Å². The highest BCUT2D eigenvalue weighted by molar-refractivity contribution is 7.18. The first-order valence-corrected chi connectivity index (χ1v) is 8.64. The molecule has 2 aromatic rings. The molecule has 0 aliphatic heterocycles. The number of benzene rings is 1. The highest BCUT2D eigenvalue weighted by Gasteiger charge is 2.22. The molecular weight excluding hydrogens is 264 g/mol. The molecule has 0 saturated heterocycles. The van der Waals surface area contributed by atoms with E-state index < -0.39 is 0 Å². The molecular formula is C17H24N2S. The second kappa shape index (κ2) is 6.23. The molecule has 0 radical (unpaired) electrons. The number of hydrogen-bond donors (Lipinski definition) is 1. The SMILES string of the molecule is CC(NCC1CCCCC1C)c1nc2ccccc2s1. The fourth-order valence-corrected chi connectivity index (χ4v) is 4.18. The van der Waals surface area contributed by atoms with E-state index in [1.54, 1.807) is 0 Å². The first-order chi connectivity index (χ1) is 9.74. The normalized spacial score (nSPS) is 24.9. The molecule has 108 valence electrons. The van der Waals surface area contributed by atoms with Crippen LogP contribution in [0.15, 0.2) is 24.3 Å². The first-order valence-electron chi connectivity index (χ1n) is 7.83. The van der Waals surface area contributed by atoms with E-state index in [0.29, 0.717) is 6.04 Å². The van der Waals surface area contributed by atoms with Crippen molar-refractivity contribution in [1.29, 1.82) is 0 Å². The van der Waals surface area contributed by atoms with Crippen LogP contribution in [0.4, 0.5) is 0 Å². The van der Waals surface area contributed by atoms with Gasteiger partial charge < -0.3 is 5.32 Å². The summed E-state index contributed by atoms with van der Waals surface area (Å²) in [5.74, 6) is 1.72. The summed E-state index contributed by atoms with van der Waals surface area (Å²) >= 11 is 1.82. The Labute approximate surface area is 125 Å². The number of aromatic nitrogens is 1. The Morgan fingerprint density at radius 1 is 1.30 bits per heavy atom. The molecule has 3 rings (SSSR count). The third-order valence-corrected chi connectivity index (χ3v) is 5.88. The zero-order chi connectivity index (χ0) is 13.9. The van der Waals surface area contributed by atoms with Crippen LogP contribution >= 0.6 is 11.3 Å². The van der Waals surface area contributed by atoms with E-state index in [4.69, 9.17) is 4.98 Å². The monoisotopic (exact) mass is 288 g/mol. The van der Waals surface area contributed by atoms with Crippen LogP contribution < -0.4 is 5.32 Å². The number of hydrogen-bond acceptors (Lipinski definition) is 3. The highest BCUT2D eigenvalue weighted by atomic mass is 32.1. The van der Waals surface area contributed by atoms with Crippen molar-refractivity contribution in [3.63, 3.8) is 0 Å². The molecule has 3 heteroatoms. The van der Waals surface area contributed by atoms with Crippen molar-refractivity contribution < 1.29 is 0 Å². The lowest BCUT2D eigenvalue weighted by Crippen LogP contribution is -2.31. The Morgan fingerprint density at radius 2 is 2.10 bits per heavy atom. The van der Waals surface area contributed by atoms with Crippen LogP contribution in [0.25, 0.3) is 10.2 Å². The summed E-state index contributed by atoms with van der Waals surface area (Å²) in [7, 11) is 0. The fraction of sp³-hybridized carbons (Fsp3) is 0.588. The fourth-order valence-electron chi connectivity index (χ4n) is 3.19. The molecule has 1 aliphatic carbocycles.